The van der Waals surface area contributed by atoms with Crippen molar-refractivity contribution in [3.63, 3.8) is 0 Å². The number of hydrogen-bond donors (Lipinski definition) is 3. The number of anilines is 3. The standard InChI is InChI=1S/C21H22ClN9O/c1-12(26-21-29-20(23-2)27-16-6-7-25-31(16)21)14-10-13-4-3-5-15(22)18(13)28-19(14)30-9-8-24-17(32)11-30/h3-7,10,12H,8-9,11H2,1-2H3,(H,24,32)(H2,23,26,27,29). The molecule has 1 aromatic carbocycles. The Bertz CT molecular complexity index is 1320. The number of piperazine rings is 1. The molecule has 3 N–H and O–H groups in total. The first-order valence-corrected chi connectivity index (χ1v) is 10.7. The molecule has 11 heteroatoms. The summed E-state index contributed by atoms with van der Waals surface area (Å²) in [5, 5.41) is 15.1. The van der Waals surface area contributed by atoms with Gasteiger partial charge in [-0.1, -0.05) is 23.7 Å². The fourth-order valence-corrected chi connectivity index (χ4v) is 4.09. The van der Waals surface area contributed by atoms with Crippen LogP contribution in [0.5, 0.6) is 0 Å². The molecule has 10 nitrogen and oxygen atoms in total. The van der Waals surface area contributed by atoms with Gasteiger partial charge < -0.3 is 20.9 Å². The number of carbonyl (C=O) groups excluding carboxylic acids is 1. The van der Waals surface area contributed by atoms with Gasteiger partial charge >= 0.3 is 0 Å². The van der Waals surface area contributed by atoms with Crippen molar-refractivity contribution < 1.29 is 4.79 Å². The number of benzene rings is 1. The normalized spacial score (nSPS) is 15.1. The summed E-state index contributed by atoms with van der Waals surface area (Å²) in [7, 11) is 1.77. The van der Waals surface area contributed by atoms with E-state index in [1.54, 1.807) is 17.8 Å². The van der Waals surface area contributed by atoms with Crippen LogP contribution in [0, 0.1) is 0 Å². The molecule has 5 rings (SSSR count). The van der Waals surface area contributed by atoms with Crippen LogP contribution >= 0.6 is 11.6 Å². The summed E-state index contributed by atoms with van der Waals surface area (Å²) in [4.78, 5) is 27.9. The molecule has 1 unspecified atom stereocenters. The Balaban J connectivity index is 1.60. The first-order chi connectivity index (χ1) is 15.5. The minimum absolute atomic E-state index is 0.0309. The smallest absolute Gasteiger partial charge is 0.239 e. The number of rotatable bonds is 5. The van der Waals surface area contributed by atoms with Gasteiger partial charge in [-0.15, -0.1) is 0 Å². The van der Waals surface area contributed by atoms with Crippen molar-refractivity contribution in [3.05, 3.63) is 47.1 Å². The Morgan fingerprint density at radius 3 is 2.91 bits per heavy atom. The molecule has 0 radical (unpaired) electrons. The molecule has 3 aromatic heterocycles. The third kappa shape index (κ3) is 3.62. The molecule has 1 fully saturated rings. The van der Waals surface area contributed by atoms with Crippen LogP contribution < -0.4 is 20.9 Å². The van der Waals surface area contributed by atoms with Gasteiger partial charge in [0.1, 0.15) is 5.82 Å². The number of nitrogens with zero attached hydrogens (tertiary/aromatic N) is 6. The quantitative estimate of drug-likeness (QED) is 0.424. The first-order valence-electron chi connectivity index (χ1n) is 10.3. The van der Waals surface area contributed by atoms with Crippen LogP contribution in [0.3, 0.4) is 0 Å². The molecule has 1 aliphatic heterocycles. The van der Waals surface area contributed by atoms with E-state index in [9.17, 15) is 4.79 Å². The molecule has 32 heavy (non-hydrogen) atoms. The average molecular weight is 452 g/mol. The molecule has 1 aliphatic rings. The molecule has 0 spiro atoms. The molecule has 0 aliphatic carbocycles. The second-order valence-corrected chi connectivity index (χ2v) is 7.98. The highest BCUT2D eigenvalue weighted by atomic mass is 35.5. The van der Waals surface area contributed by atoms with E-state index in [0.29, 0.717) is 41.2 Å². The maximum Gasteiger partial charge on any atom is 0.239 e. The van der Waals surface area contributed by atoms with Crippen molar-refractivity contribution in [2.75, 3.05) is 42.2 Å². The van der Waals surface area contributed by atoms with Gasteiger partial charge in [0.25, 0.3) is 0 Å². The zero-order valence-electron chi connectivity index (χ0n) is 17.6. The second-order valence-electron chi connectivity index (χ2n) is 7.57. The van der Waals surface area contributed by atoms with Crippen molar-refractivity contribution in [3.8, 4) is 0 Å². The Labute approximate surface area is 189 Å². The zero-order chi connectivity index (χ0) is 22.2. The zero-order valence-corrected chi connectivity index (χ0v) is 18.4. The third-order valence-corrected chi connectivity index (χ3v) is 5.74. The van der Waals surface area contributed by atoms with Gasteiger partial charge in [0.2, 0.25) is 17.8 Å². The van der Waals surface area contributed by atoms with Crippen molar-refractivity contribution in [2.24, 2.45) is 0 Å². The molecule has 1 saturated heterocycles. The summed E-state index contributed by atoms with van der Waals surface area (Å²) in [6, 6.07) is 9.38. The van der Waals surface area contributed by atoms with Crippen molar-refractivity contribution in [2.45, 2.75) is 13.0 Å². The molecule has 4 heterocycles. The largest absolute Gasteiger partial charge is 0.357 e. The fourth-order valence-electron chi connectivity index (χ4n) is 3.86. The molecule has 1 amide bonds. The molecule has 4 aromatic rings. The molecule has 0 bridgehead atoms. The van der Waals surface area contributed by atoms with E-state index in [1.165, 1.54) is 0 Å². The van der Waals surface area contributed by atoms with Crippen molar-refractivity contribution >= 4 is 51.8 Å². The summed E-state index contributed by atoms with van der Waals surface area (Å²) >= 11 is 6.43. The Hall–Kier alpha value is -3.66. The number of nitrogens with one attached hydrogen (secondary N) is 3. The topological polar surface area (TPSA) is 112 Å². The van der Waals surface area contributed by atoms with Gasteiger partial charge in [-0.25, -0.2) is 4.98 Å². The lowest BCUT2D eigenvalue weighted by Gasteiger charge is -2.31. The summed E-state index contributed by atoms with van der Waals surface area (Å²) in [6.07, 6.45) is 1.68. The highest BCUT2D eigenvalue weighted by molar-refractivity contribution is 6.35. The number of carbonyl (C=O) groups is 1. The second kappa shape index (κ2) is 8.12. The summed E-state index contributed by atoms with van der Waals surface area (Å²) in [6.45, 7) is 3.49. The molecular weight excluding hydrogens is 430 g/mol. The van der Waals surface area contributed by atoms with E-state index in [-0.39, 0.29) is 18.5 Å². The molecular formula is C21H22ClN9O. The van der Waals surface area contributed by atoms with Crippen LogP contribution in [0.4, 0.5) is 17.7 Å². The fraction of sp³-hybridized carbons (Fsp3) is 0.286. The number of aromatic nitrogens is 5. The first kappa shape index (κ1) is 20.3. The monoisotopic (exact) mass is 451 g/mol. The predicted molar refractivity (Wildman–Crippen MR) is 124 cm³/mol. The number of amides is 1. The van der Waals surface area contributed by atoms with Gasteiger partial charge in [0.05, 0.1) is 29.3 Å². The SMILES string of the molecule is CNc1nc(NC(C)c2cc3cccc(Cl)c3nc2N2CCNC(=O)C2)n2nccc2n1. The number of hydrogen-bond acceptors (Lipinski definition) is 8. The van der Waals surface area contributed by atoms with E-state index in [2.05, 4.69) is 37.1 Å². The number of fused-ring (bicyclic) bond motifs is 2. The highest BCUT2D eigenvalue weighted by Crippen LogP contribution is 2.33. The maximum atomic E-state index is 12.1. The van der Waals surface area contributed by atoms with Crippen LogP contribution in [0.1, 0.15) is 18.5 Å². The van der Waals surface area contributed by atoms with Crippen LogP contribution in [-0.2, 0) is 4.79 Å². The lowest BCUT2D eigenvalue weighted by atomic mass is 10.0. The Kier molecular flexibility index (Phi) is 5.14. The average Bonchev–Trinajstić information content (AvgIpc) is 3.27. The van der Waals surface area contributed by atoms with Crippen molar-refractivity contribution in [1.82, 2.24) is 29.9 Å². The van der Waals surface area contributed by atoms with Crippen LogP contribution in [0.2, 0.25) is 5.02 Å². The van der Waals surface area contributed by atoms with Gasteiger partial charge in [0.15, 0.2) is 5.65 Å². The molecule has 1 atom stereocenters. The van der Waals surface area contributed by atoms with E-state index < -0.39 is 0 Å². The van der Waals surface area contributed by atoms with Crippen molar-refractivity contribution in [1.29, 1.82) is 0 Å². The summed E-state index contributed by atoms with van der Waals surface area (Å²) in [5.41, 5.74) is 2.31. The Morgan fingerprint density at radius 1 is 1.22 bits per heavy atom. The minimum Gasteiger partial charge on any atom is -0.357 e. The number of para-hydroxylation sites is 1. The lowest BCUT2D eigenvalue weighted by molar-refractivity contribution is -0.120. The van der Waals surface area contributed by atoms with E-state index in [1.807, 2.05) is 36.1 Å². The number of pyridine rings is 1. The van der Waals surface area contributed by atoms with Gasteiger partial charge in [0, 0.05) is 37.2 Å². The van der Waals surface area contributed by atoms with E-state index in [4.69, 9.17) is 16.6 Å². The molecule has 0 saturated carbocycles. The maximum absolute atomic E-state index is 12.1. The van der Waals surface area contributed by atoms with Gasteiger partial charge in [-0.05, 0) is 19.1 Å². The lowest BCUT2D eigenvalue weighted by Crippen LogP contribution is -2.48. The summed E-state index contributed by atoms with van der Waals surface area (Å²) in [5.74, 6) is 1.73. The summed E-state index contributed by atoms with van der Waals surface area (Å²) < 4.78 is 1.65. The Morgan fingerprint density at radius 2 is 2.09 bits per heavy atom. The van der Waals surface area contributed by atoms with Gasteiger partial charge in [-0.3, -0.25) is 4.79 Å². The van der Waals surface area contributed by atoms with Crippen LogP contribution in [0.25, 0.3) is 16.6 Å². The minimum atomic E-state index is -0.196. The third-order valence-electron chi connectivity index (χ3n) is 5.43. The molecule has 164 valence electrons. The van der Waals surface area contributed by atoms with Crippen LogP contribution in [0.15, 0.2) is 36.5 Å². The van der Waals surface area contributed by atoms with E-state index in [0.717, 1.165) is 16.8 Å². The predicted octanol–water partition coefficient (Wildman–Crippen LogP) is 2.48. The highest BCUT2D eigenvalue weighted by Gasteiger charge is 2.24. The van der Waals surface area contributed by atoms with Gasteiger partial charge in [-0.2, -0.15) is 19.6 Å². The van der Waals surface area contributed by atoms with E-state index >= 15 is 0 Å². The van der Waals surface area contributed by atoms with Crippen LogP contribution in [-0.4, -0.2) is 57.2 Å². The number of halogens is 1.